The monoisotopic (exact) mass is 474 g/mol. The fourth-order valence-electron chi connectivity index (χ4n) is 3.14. The lowest BCUT2D eigenvalue weighted by Crippen LogP contribution is -1.90. The van der Waals surface area contributed by atoms with Crippen molar-refractivity contribution >= 4 is 35.3 Å². The average molecular weight is 475 g/mol. The highest BCUT2D eigenvalue weighted by molar-refractivity contribution is 8.05. The van der Waals surface area contributed by atoms with E-state index in [9.17, 15) is 0 Å². The van der Waals surface area contributed by atoms with E-state index in [-0.39, 0.29) is 7.43 Å². The van der Waals surface area contributed by atoms with Crippen molar-refractivity contribution in [3.63, 3.8) is 0 Å². The minimum absolute atomic E-state index is 0. The largest absolute Gasteiger partial charge is 0.0901 e. The van der Waals surface area contributed by atoms with Gasteiger partial charge in [-0.2, -0.15) is 0 Å². The topological polar surface area (TPSA) is 0 Å². The molecule has 0 N–H and O–H groups in total. The molecule has 1 heterocycles. The first-order chi connectivity index (χ1) is 15.0. The van der Waals surface area contributed by atoms with Gasteiger partial charge in [-0.05, 0) is 87.4 Å². The lowest BCUT2D eigenvalue weighted by molar-refractivity contribution is 1.13. The fraction of sp³-hybridized carbons (Fsp3) is 0.172. The van der Waals surface area contributed by atoms with E-state index >= 15 is 0 Å². The molecule has 0 saturated heterocycles. The molecule has 0 nitrogen and oxygen atoms in total. The molecule has 0 atom stereocenters. The predicted octanol–water partition coefficient (Wildman–Crippen LogP) is 10.0. The molecule has 0 bridgehead atoms. The summed E-state index contributed by atoms with van der Waals surface area (Å²) in [4.78, 5) is 8.14. The van der Waals surface area contributed by atoms with Crippen molar-refractivity contribution in [2.45, 2.75) is 64.5 Å². The Kier molecular flexibility index (Phi) is 8.58. The zero-order valence-electron chi connectivity index (χ0n) is 18.3. The molecule has 3 heteroatoms. The standard InChI is InChI=1S/C14H12S2.C14H14S.CH4/c1-9-3-5-11-13(7-9)15-12-6-4-10(2)8-14(12)16-11;1-11-3-7-13(8-4-11)15-14-9-5-12(2)6-10-14;/h3-8H,1-2H3;3-10H,1-2H3;1H4. The second-order valence-corrected chi connectivity index (χ2v) is 11.1. The Morgan fingerprint density at radius 3 is 1.16 bits per heavy atom. The summed E-state index contributed by atoms with van der Waals surface area (Å²) in [5, 5.41) is 0. The molecule has 1 aliphatic heterocycles. The fourth-order valence-corrected chi connectivity index (χ4v) is 6.35. The summed E-state index contributed by atoms with van der Waals surface area (Å²) in [5.74, 6) is 0. The van der Waals surface area contributed by atoms with Gasteiger partial charge in [0.25, 0.3) is 0 Å². The van der Waals surface area contributed by atoms with Gasteiger partial charge in [0.15, 0.2) is 0 Å². The van der Waals surface area contributed by atoms with Gasteiger partial charge in [-0.1, -0.05) is 90.2 Å². The molecule has 5 rings (SSSR count). The van der Waals surface area contributed by atoms with Gasteiger partial charge >= 0.3 is 0 Å². The van der Waals surface area contributed by atoms with Crippen molar-refractivity contribution in [2.24, 2.45) is 0 Å². The quantitative estimate of drug-likeness (QED) is 0.250. The zero-order valence-corrected chi connectivity index (χ0v) is 20.8. The summed E-state index contributed by atoms with van der Waals surface area (Å²) in [6, 6.07) is 30.6. The number of aryl methyl sites for hydroxylation is 4. The Hall–Kier alpha value is -2.07. The van der Waals surface area contributed by atoms with Crippen LogP contribution in [0.4, 0.5) is 0 Å². The van der Waals surface area contributed by atoms with Crippen molar-refractivity contribution in [3.8, 4) is 0 Å². The second-order valence-electron chi connectivity index (χ2n) is 7.83. The van der Waals surface area contributed by atoms with Crippen LogP contribution in [0.1, 0.15) is 29.7 Å². The van der Waals surface area contributed by atoms with E-state index in [1.54, 1.807) is 11.8 Å². The van der Waals surface area contributed by atoms with Crippen LogP contribution in [-0.2, 0) is 0 Å². The van der Waals surface area contributed by atoms with Gasteiger partial charge in [0, 0.05) is 29.4 Å². The van der Waals surface area contributed by atoms with Crippen molar-refractivity contribution in [1.82, 2.24) is 0 Å². The molecule has 1 aliphatic rings. The zero-order chi connectivity index (χ0) is 21.8. The summed E-state index contributed by atoms with van der Waals surface area (Å²) in [7, 11) is 0. The molecular formula is C29H30S3. The van der Waals surface area contributed by atoms with E-state index in [2.05, 4.69) is 113 Å². The molecule has 0 spiro atoms. The van der Waals surface area contributed by atoms with Crippen molar-refractivity contribution in [1.29, 1.82) is 0 Å². The second kappa shape index (κ2) is 11.2. The van der Waals surface area contributed by atoms with E-state index in [1.165, 1.54) is 51.6 Å². The summed E-state index contributed by atoms with van der Waals surface area (Å²) in [5.41, 5.74) is 5.29. The third kappa shape index (κ3) is 6.48. The van der Waals surface area contributed by atoms with Crippen LogP contribution in [0, 0.1) is 27.7 Å². The minimum atomic E-state index is 0. The normalized spacial score (nSPS) is 11.4. The van der Waals surface area contributed by atoms with E-state index in [0.29, 0.717) is 0 Å². The lowest BCUT2D eigenvalue weighted by atomic mass is 10.2. The van der Waals surface area contributed by atoms with E-state index in [1.807, 2.05) is 23.5 Å². The summed E-state index contributed by atoms with van der Waals surface area (Å²) in [6.45, 7) is 8.52. The minimum Gasteiger partial charge on any atom is -0.0901 e. The van der Waals surface area contributed by atoms with Crippen LogP contribution in [0.3, 0.4) is 0 Å². The van der Waals surface area contributed by atoms with Gasteiger partial charge in [-0.25, -0.2) is 0 Å². The van der Waals surface area contributed by atoms with Crippen LogP contribution in [0.25, 0.3) is 0 Å². The molecule has 4 aromatic carbocycles. The molecule has 0 aliphatic carbocycles. The van der Waals surface area contributed by atoms with Gasteiger partial charge in [0.05, 0.1) is 0 Å². The molecule has 0 amide bonds. The van der Waals surface area contributed by atoms with Gasteiger partial charge < -0.3 is 0 Å². The molecule has 0 aromatic heterocycles. The summed E-state index contributed by atoms with van der Waals surface area (Å²) < 4.78 is 0. The van der Waals surface area contributed by atoms with Crippen molar-refractivity contribution in [3.05, 3.63) is 107 Å². The first kappa shape index (κ1) is 24.6. The van der Waals surface area contributed by atoms with Crippen LogP contribution >= 0.6 is 35.3 Å². The van der Waals surface area contributed by atoms with E-state index < -0.39 is 0 Å². The van der Waals surface area contributed by atoms with Crippen LogP contribution in [0.15, 0.2) is 114 Å². The maximum Gasteiger partial charge on any atom is 0.0265 e. The Bertz CT molecular complexity index is 1080. The molecule has 32 heavy (non-hydrogen) atoms. The third-order valence-corrected chi connectivity index (χ3v) is 8.46. The highest BCUT2D eigenvalue weighted by Crippen LogP contribution is 2.48. The molecule has 0 unspecified atom stereocenters. The summed E-state index contributed by atoms with van der Waals surface area (Å²) >= 11 is 5.57. The summed E-state index contributed by atoms with van der Waals surface area (Å²) in [6.07, 6.45) is 0. The number of hydrogen-bond donors (Lipinski definition) is 0. The van der Waals surface area contributed by atoms with Crippen LogP contribution in [-0.4, -0.2) is 0 Å². The maximum absolute atomic E-state index is 2.27. The van der Waals surface area contributed by atoms with Gasteiger partial charge in [-0.3, -0.25) is 0 Å². The first-order valence-electron chi connectivity index (χ1n) is 10.3. The smallest absolute Gasteiger partial charge is 0.0265 e. The highest BCUT2D eigenvalue weighted by atomic mass is 32.2. The Morgan fingerprint density at radius 1 is 0.438 bits per heavy atom. The van der Waals surface area contributed by atoms with Gasteiger partial charge in [0.1, 0.15) is 0 Å². The van der Waals surface area contributed by atoms with Crippen LogP contribution < -0.4 is 0 Å². The van der Waals surface area contributed by atoms with Crippen molar-refractivity contribution < 1.29 is 0 Å². The molecule has 164 valence electrons. The lowest BCUT2D eigenvalue weighted by Gasteiger charge is -2.18. The molecule has 0 fully saturated rings. The number of rotatable bonds is 2. The molecule has 0 radical (unpaired) electrons. The highest BCUT2D eigenvalue weighted by Gasteiger charge is 2.16. The third-order valence-electron chi connectivity index (χ3n) is 4.92. The molecule has 0 saturated carbocycles. The Morgan fingerprint density at radius 2 is 0.781 bits per heavy atom. The molecular weight excluding hydrogens is 445 g/mol. The number of hydrogen-bond acceptors (Lipinski definition) is 3. The van der Waals surface area contributed by atoms with E-state index in [4.69, 9.17) is 0 Å². The SMILES string of the molecule is C.Cc1ccc(Sc2ccc(C)cc2)cc1.Cc1ccc2c(c1)Sc1ccc(C)cc1S2. The maximum atomic E-state index is 2.27. The van der Waals surface area contributed by atoms with Crippen LogP contribution in [0.2, 0.25) is 0 Å². The Balaban J connectivity index is 0.000000176. The Labute approximate surface area is 206 Å². The van der Waals surface area contributed by atoms with Gasteiger partial charge in [-0.15, -0.1) is 0 Å². The first-order valence-corrected chi connectivity index (χ1v) is 12.8. The van der Waals surface area contributed by atoms with Crippen molar-refractivity contribution in [2.75, 3.05) is 0 Å². The predicted molar refractivity (Wildman–Crippen MR) is 144 cm³/mol. The average Bonchev–Trinajstić information content (AvgIpc) is 2.76. The number of fused-ring (bicyclic) bond motifs is 2. The van der Waals surface area contributed by atoms with Crippen LogP contribution in [0.5, 0.6) is 0 Å². The number of benzene rings is 4. The van der Waals surface area contributed by atoms with E-state index in [0.717, 1.165) is 0 Å². The molecule has 4 aromatic rings. The van der Waals surface area contributed by atoms with Gasteiger partial charge in [0.2, 0.25) is 0 Å².